The van der Waals surface area contributed by atoms with Crippen molar-refractivity contribution in [3.63, 3.8) is 0 Å². The largest absolute Gasteiger partial charge is 0.455 e. The number of rotatable bonds is 3. The average molecular weight is 541 g/mol. The number of aromatic nitrogens is 4. The van der Waals surface area contributed by atoms with Gasteiger partial charge in [-0.25, -0.2) is 15.0 Å². The Morgan fingerprint density at radius 1 is 0.476 bits per heavy atom. The van der Waals surface area contributed by atoms with Crippen LogP contribution in [0.4, 0.5) is 0 Å². The van der Waals surface area contributed by atoms with Crippen LogP contribution in [0.5, 0.6) is 0 Å². The van der Waals surface area contributed by atoms with E-state index in [9.17, 15) is 0 Å². The van der Waals surface area contributed by atoms with Crippen LogP contribution in [0, 0.1) is 0 Å². The standard InChI is InChI=1S/C36H20N4O2/c1-2-10-22(11-3-1)34-38-35(40-36(39-34)27-15-8-14-26-25-13-6-7-16-28(25)42-33(26)27)23-19-30-32(37-20-23)31-24-12-5-4-9-21(24)17-18-29(31)41-30/h1-20H. The first kappa shape index (κ1) is 22.9. The first-order chi connectivity index (χ1) is 20.8. The predicted octanol–water partition coefficient (Wildman–Crippen LogP) is 9.22. The van der Waals surface area contributed by atoms with Crippen LogP contribution in [0.15, 0.2) is 130 Å². The highest BCUT2D eigenvalue weighted by atomic mass is 16.3. The SMILES string of the molecule is c1ccc(-c2nc(-c3cnc4c(c3)oc3ccc5ccccc5c34)nc(-c3cccc4c3oc3ccccc34)n2)cc1. The van der Waals surface area contributed by atoms with Crippen molar-refractivity contribution in [2.24, 2.45) is 0 Å². The highest BCUT2D eigenvalue weighted by Gasteiger charge is 2.19. The van der Waals surface area contributed by atoms with Crippen molar-refractivity contribution < 1.29 is 8.83 Å². The quantitative estimate of drug-likeness (QED) is 0.222. The van der Waals surface area contributed by atoms with Crippen molar-refractivity contribution in [3.8, 4) is 34.2 Å². The van der Waals surface area contributed by atoms with E-state index in [4.69, 9.17) is 28.8 Å². The smallest absolute Gasteiger partial charge is 0.167 e. The fraction of sp³-hybridized carbons (Fsp3) is 0. The van der Waals surface area contributed by atoms with Gasteiger partial charge in [0.05, 0.1) is 10.9 Å². The number of hydrogen-bond donors (Lipinski definition) is 0. The van der Waals surface area contributed by atoms with Gasteiger partial charge in [0, 0.05) is 28.1 Å². The zero-order valence-corrected chi connectivity index (χ0v) is 22.2. The van der Waals surface area contributed by atoms with Crippen LogP contribution in [0.25, 0.3) is 88.9 Å². The van der Waals surface area contributed by atoms with Crippen LogP contribution < -0.4 is 0 Å². The van der Waals surface area contributed by atoms with E-state index in [0.29, 0.717) is 23.1 Å². The third-order valence-electron chi connectivity index (χ3n) is 7.77. The molecule has 42 heavy (non-hydrogen) atoms. The summed E-state index contributed by atoms with van der Waals surface area (Å²) >= 11 is 0. The molecule has 0 amide bonds. The molecular formula is C36H20N4O2. The van der Waals surface area contributed by atoms with E-state index in [1.807, 2.05) is 91.1 Å². The molecule has 0 atom stereocenters. The molecule has 0 radical (unpaired) electrons. The van der Waals surface area contributed by atoms with E-state index < -0.39 is 0 Å². The Labute approximate surface area is 238 Å². The summed E-state index contributed by atoms with van der Waals surface area (Å²) in [6.45, 7) is 0. The number of pyridine rings is 1. The van der Waals surface area contributed by atoms with Gasteiger partial charge in [-0.05, 0) is 35.0 Å². The molecule has 0 aliphatic rings. The number of para-hydroxylation sites is 2. The van der Waals surface area contributed by atoms with Crippen molar-refractivity contribution in [2.75, 3.05) is 0 Å². The molecule has 0 bridgehead atoms. The summed E-state index contributed by atoms with van der Waals surface area (Å²) < 4.78 is 12.6. The lowest BCUT2D eigenvalue weighted by molar-refractivity contribution is 0.668. The predicted molar refractivity (Wildman–Crippen MR) is 166 cm³/mol. The van der Waals surface area contributed by atoms with Crippen LogP contribution in [-0.2, 0) is 0 Å². The number of hydrogen-bond acceptors (Lipinski definition) is 6. The third kappa shape index (κ3) is 3.45. The van der Waals surface area contributed by atoms with Crippen LogP contribution in [-0.4, -0.2) is 19.9 Å². The molecule has 0 aliphatic carbocycles. The first-order valence-corrected chi connectivity index (χ1v) is 13.7. The molecule has 0 unspecified atom stereocenters. The van der Waals surface area contributed by atoms with Crippen molar-refractivity contribution in [2.45, 2.75) is 0 Å². The van der Waals surface area contributed by atoms with Gasteiger partial charge in [-0.15, -0.1) is 0 Å². The third-order valence-corrected chi connectivity index (χ3v) is 7.77. The van der Waals surface area contributed by atoms with Crippen molar-refractivity contribution in [1.82, 2.24) is 19.9 Å². The minimum Gasteiger partial charge on any atom is -0.455 e. The lowest BCUT2D eigenvalue weighted by Gasteiger charge is -2.08. The maximum atomic E-state index is 6.33. The molecule has 4 aromatic heterocycles. The molecule has 9 aromatic rings. The van der Waals surface area contributed by atoms with Gasteiger partial charge >= 0.3 is 0 Å². The molecule has 0 N–H and O–H groups in total. The Kier molecular flexibility index (Phi) is 4.80. The Balaban J connectivity index is 1.28. The number of benzene rings is 5. The normalized spacial score (nSPS) is 11.8. The zero-order valence-electron chi connectivity index (χ0n) is 22.2. The van der Waals surface area contributed by atoms with Crippen LogP contribution in [0.3, 0.4) is 0 Å². The lowest BCUT2D eigenvalue weighted by Crippen LogP contribution is -2.00. The van der Waals surface area contributed by atoms with E-state index >= 15 is 0 Å². The van der Waals surface area contributed by atoms with E-state index in [-0.39, 0.29) is 0 Å². The maximum Gasteiger partial charge on any atom is 0.167 e. The number of fused-ring (bicyclic) bond motifs is 8. The highest BCUT2D eigenvalue weighted by Crippen LogP contribution is 2.37. The van der Waals surface area contributed by atoms with E-state index in [1.165, 1.54) is 0 Å². The van der Waals surface area contributed by atoms with Crippen molar-refractivity contribution in [3.05, 3.63) is 121 Å². The maximum absolute atomic E-state index is 6.33. The fourth-order valence-electron chi connectivity index (χ4n) is 5.80. The van der Waals surface area contributed by atoms with Crippen LogP contribution in [0.1, 0.15) is 0 Å². The molecule has 0 spiro atoms. The molecule has 9 rings (SSSR count). The summed E-state index contributed by atoms with van der Waals surface area (Å²) in [5.74, 6) is 1.60. The van der Waals surface area contributed by atoms with E-state index in [1.54, 1.807) is 0 Å². The van der Waals surface area contributed by atoms with Gasteiger partial charge in [0.2, 0.25) is 0 Å². The zero-order chi connectivity index (χ0) is 27.6. The summed E-state index contributed by atoms with van der Waals surface area (Å²) in [6, 6.07) is 38.3. The van der Waals surface area contributed by atoms with Crippen LogP contribution in [0.2, 0.25) is 0 Å². The molecule has 0 saturated heterocycles. The summed E-state index contributed by atoms with van der Waals surface area (Å²) in [7, 11) is 0. The Hall–Kier alpha value is -5.88. The fourth-order valence-corrected chi connectivity index (χ4v) is 5.80. The first-order valence-electron chi connectivity index (χ1n) is 13.7. The highest BCUT2D eigenvalue weighted by molar-refractivity contribution is 6.17. The van der Waals surface area contributed by atoms with Gasteiger partial charge in [0.15, 0.2) is 23.1 Å². The Morgan fingerprint density at radius 2 is 1.21 bits per heavy atom. The molecule has 6 heteroatoms. The van der Waals surface area contributed by atoms with Gasteiger partial charge in [-0.3, -0.25) is 4.98 Å². The second-order valence-electron chi connectivity index (χ2n) is 10.3. The van der Waals surface area contributed by atoms with Crippen molar-refractivity contribution >= 4 is 54.8 Å². The van der Waals surface area contributed by atoms with Crippen LogP contribution >= 0.6 is 0 Å². The van der Waals surface area contributed by atoms with Gasteiger partial charge in [-0.2, -0.15) is 0 Å². The minimum absolute atomic E-state index is 0.506. The molecule has 5 aromatic carbocycles. The minimum atomic E-state index is 0.506. The number of nitrogens with zero attached hydrogens (tertiary/aromatic N) is 4. The molecule has 6 nitrogen and oxygen atoms in total. The average Bonchev–Trinajstić information content (AvgIpc) is 3.63. The molecule has 0 fully saturated rings. The second kappa shape index (κ2) is 8.81. The Bertz CT molecular complexity index is 2480. The number of furan rings is 2. The second-order valence-corrected chi connectivity index (χ2v) is 10.3. The molecular weight excluding hydrogens is 520 g/mol. The summed E-state index contributed by atoms with van der Waals surface area (Å²) in [5.41, 5.74) is 6.29. The van der Waals surface area contributed by atoms with E-state index in [0.717, 1.165) is 65.9 Å². The van der Waals surface area contributed by atoms with Crippen molar-refractivity contribution in [1.29, 1.82) is 0 Å². The monoisotopic (exact) mass is 540 g/mol. The molecule has 4 heterocycles. The summed E-state index contributed by atoms with van der Waals surface area (Å²) in [4.78, 5) is 19.7. The summed E-state index contributed by atoms with van der Waals surface area (Å²) in [6.07, 6.45) is 1.81. The summed E-state index contributed by atoms with van der Waals surface area (Å²) in [5, 5.41) is 5.34. The molecule has 196 valence electrons. The molecule has 0 saturated carbocycles. The van der Waals surface area contributed by atoms with E-state index in [2.05, 4.69) is 30.3 Å². The van der Waals surface area contributed by atoms with Gasteiger partial charge in [0.25, 0.3) is 0 Å². The van der Waals surface area contributed by atoms with Gasteiger partial charge < -0.3 is 8.83 Å². The van der Waals surface area contributed by atoms with Gasteiger partial charge in [-0.1, -0.05) is 91.0 Å². The lowest BCUT2D eigenvalue weighted by atomic mass is 10.1. The Morgan fingerprint density at radius 3 is 2.12 bits per heavy atom. The molecule has 0 aliphatic heterocycles. The van der Waals surface area contributed by atoms with Gasteiger partial charge in [0.1, 0.15) is 22.3 Å². The topological polar surface area (TPSA) is 77.8 Å².